The highest BCUT2D eigenvalue weighted by Crippen LogP contribution is 2.32. The number of aryl methyl sites for hydroxylation is 1. The quantitative estimate of drug-likeness (QED) is 0.206. The topological polar surface area (TPSA) is 96.0 Å². The number of benzene rings is 4. The number of nitrogens with zero attached hydrogens (tertiary/aromatic N) is 2. The fraction of sp³-hybridized carbons (Fsp3) is 0.235. The normalized spacial score (nSPS) is 11.8. The van der Waals surface area contributed by atoms with Gasteiger partial charge in [-0.25, -0.2) is 8.42 Å². The van der Waals surface area contributed by atoms with Crippen LogP contribution in [0.5, 0.6) is 5.75 Å². The molecule has 2 amide bonds. The third-order valence-electron chi connectivity index (χ3n) is 7.13. The highest BCUT2D eigenvalue weighted by molar-refractivity contribution is 7.92. The molecule has 0 aliphatic carbocycles. The zero-order valence-electron chi connectivity index (χ0n) is 24.9. The van der Waals surface area contributed by atoms with Gasteiger partial charge in [0.05, 0.1) is 22.7 Å². The zero-order valence-corrected chi connectivity index (χ0v) is 26.5. The Morgan fingerprint density at radius 1 is 0.886 bits per heavy atom. The second kappa shape index (κ2) is 14.9. The monoisotopic (exact) mass is 633 g/mol. The van der Waals surface area contributed by atoms with Crippen LogP contribution in [-0.2, 0) is 32.6 Å². The summed E-state index contributed by atoms with van der Waals surface area (Å²) in [5.41, 5.74) is 2.89. The van der Waals surface area contributed by atoms with Crippen molar-refractivity contribution in [2.24, 2.45) is 0 Å². The number of methoxy groups -OCH3 is 1. The largest absolute Gasteiger partial charge is 0.495 e. The third kappa shape index (κ3) is 7.98. The number of carbonyl (C=O) groups excluding carboxylic acids is 2. The van der Waals surface area contributed by atoms with Crippen LogP contribution >= 0.6 is 11.6 Å². The predicted octanol–water partition coefficient (Wildman–Crippen LogP) is 5.63. The molecule has 4 aromatic carbocycles. The number of hydrogen-bond donors (Lipinski definition) is 1. The van der Waals surface area contributed by atoms with E-state index in [2.05, 4.69) is 5.32 Å². The van der Waals surface area contributed by atoms with E-state index < -0.39 is 28.5 Å². The molecule has 0 bridgehead atoms. The van der Waals surface area contributed by atoms with Crippen molar-refractivity contribution in [2.45, 2.75) is 37.8 Å². The maximum absolute atomic E-state index is 14.4. The molecular formula is C34H36ClN3O5S. The van der Waals surface area contributed by atoms with Crippen molar-refractivity contribution in [3.05, 3.63) is 125 Å². The number of sulfonamides is 1. The molecule has 44 heavy (non-hydrogen) atoms. The van der Waals surface area contributed by atoms with E-state index in [-0.39, 0.29) is 34.5 Å². The second-order valence-electron chi connectivity index (χ2n) is 10.3. The van der Waals surface area contributed by atoms with Crippen LogP contribution in [0.15, 0.2) is 108 Å². The third-order valence-corrected chi connectivity index (χ3v) is 9.21. The number of likely N-dealkylation sites (N-methyl/N-ethyl adjacent to an activating group) is 1. The Morgan fingerprint density at radius 3 is 2.11 bits per heavy atom. The Hall–Kier alpha value is -4.34. The average Bonchev–Trinajstić information content (AvgIpc) is 3.03. The van der Waals surface area contributed by atoms with Crippen molar-refractivity contribution >= 4 is 39.1 Å². The van der Waals surface area contributed by atoms with E-state index in [1.807, 2.05) is 68.4 Å². The molecule has 0 saturated heterocycles. The van der Waals surface area contributed by atoms with Crippen molar-refractivity contribution in [2.75, 3.05) is 24.5 Å². The Balaban J connectivity index is 1.80. The lowest BCUT2D eigenvalue weighted by Crippen LogP contribution is -2.53. The van der Waals surface area contributed by atoms with Gasteiger partial charge in [-0.3, -0.25) is 13.9 Å². The first-order chi connectivity index (χ1) is 21.1. The summed E-state index contributed by atoms with van der Waals surface area (Å²) < 4.78 is 34.4. The Morgan fingerprint density at radius 2 is 1.52 bits per heavy atom. The molecule has 0 fully saturated rings. The minimum absolute atomic E-state index is 0.00869. The van der Waals surface area contributed by atoms with Crippen molar-refractivity contribution in [3.63, 3.8) is 0 Å². The summed E-state index contributed by atoms with van der Waals surface area (Å²) in [5, 5.41) is 3.05. The minimum Gasteiger partial charge on any atom is -0.495 e. The van der Waals surface area contributed by atoms with Gasteiger partial charge in [-0.15, -0.1) is 0 Å². The Kier molecular flexibility index (Phi) is 11.0. The van der Waals surface area contributed by atoms with Crippen molar-refractivity contribution < 1.29 is 22.7 Å². The molecular weight excluding hydrogens is 598 g/mol. The molecule has 0 spiro atoms. The van der Waals surface area contributed by atoms with E-state index >= 15 is 0 Å². The Labute approximate surface area is 264 Å². The molecule has 1 N–H and O–H groups in total. The van der Waals surface area contributed by atoms with Gasteiger partial charge in [-0.1, -0.05) is 90.0 Å². The van der Waals surface area contributed by atoms with Crippen LogP contribution in [0.4, 0.5) is 5.69 Å². The first kappa shape index (κ1) is 32.6. The van der Waals surface area contributed by atoms with Gasteiger partial charge in [0.1, 0.15) is 18.3 Å². The molecule has 10 heteroatoms. The standard InChI is InChI=1S/C34H36ClN3O5S/c1-4-36-34(40)31(21-26-11-7-5-8-12-26)37(23-27-17-15-25(2)16-18-27)33(39)24-38(28-19-20-32(43-3)30(35)22-28)44(41,42)29-13-9-6-10-14-29/h5-20,22,31H,4,21,23-24H2,1-3H3,(H,36,40)/t31-/m0/s1. The van der Waals surface area contributed by atoms with Crippen LogP contribution in [0.25, 0.3) is 0 Å². The number of carbonyl (C=O) groups is 2. The lowest BCUT2D eigenvalue weighted by atomic mass is 10.0. The smallest absolute Gasteiger partial charge is 0.264 e. The van der Waals surface area contributed by atoms with Crippen molar-refractivity contribution in [3.8, 4) is 5.75 Å². The molecule has 0 heterocycles. The maximum Gasteiger partial charge on any atom is 0.264 e. The van der Waals surface area contributed by atoms with Crippen LogP contribution in [0.1, 0.15) is 23.6 Å². The van der Waals surface area contributed by atoms with Gasteiger partial charge >= 0.3 is 0 Å². The minimum atomic E-state index is -4.23. The number of halogens is 1. The summed E-state index contributed by atoms with van der Waals surface area (Å²) in [6.07, 6.45) is 0.240. The molecule has 0 radical (unpaired) electrons. The lowest BCUT2D eigenvalue weighted by Gasteiger charge is -2.34. The molecule has 8 nitrogen and oxygen atoms in total. The van der Waals surface area contributed by atoms with E-state index in [4.69, 9.17) is 16.3 Å². The first-order valence-electron chi connectivity index (χ1n) is 14.2. The molecule has 0 aliphatic heterocycles. The fourth-order valence-corrected chi connectivity index (χ4v) is 6.47. The van der Waals surface area contributed by atoms with Gasteiger partial charge in [0.25, 0.3) is 10.0 Å². The maximum atomic E-state index is 14.4. The SMILES string of the molecule is CCNC(=O)[C@H](Cc1ccccc1)N(Cc1ccc(C)cc1)C(=O)CN(c1ccc(OC)c(Cl)c1)S(=O)(=O)c1ccccc1. The molecule has 4 aromatic rings. The number of hydrogen-bond acceptors (Lipinski definition) is 5. The van der Waals surface area contributed by atoms with E-state index in [0.29, 0.717) is 12.3 Å². The van der Waals surface area contributed by atoms with E-state index in [9.17, 15) is 18.0 Å². The van der Waals surface area contributed by atoms with Gasteiger partial charge < -0.3 is 15.0 Å². The predicted molar refractivity (Wildman–Crippen MR) is 173 cm³/mol. The van der Waals surface area contributed by atoms with Crippen molar-refractivity contribution in [1.82, 2.24) is 10.2 Å². The van der Waals surface area contributed by atoms with Crippen LogP contribution in [0.2, 0.25) is 5.02 Å². The molecule has 4 rings (SSSR count). The number of nitrogens with one attached hydrogen (secondary N) is 1. The molecule has 0 aromatic heterocycles. The molecule has 230 valence electrons. The van der Waals surface area contributed by atoms with Crippen molar-refractivity contribution in [1.29, 1.82) is 0 Å². The highest BCUT2D eigenvalue weighted by Gasteiger charge is 2.34. The zero-order chi connectivity index (χ0) is 31.7. The summed E-state index contributed by atoms with van der Waals surface area (Å²) in [5.74, 6) is -0.523. The fourth-order valence-electron chi connectivity index (χ4n) is 4.80. The number of anilines is 1. The van der Waals surface area contributed by atoms with Gasteiger partial charge in [0, 0.05) is 19.5 Å². The molecule has 0 unspecified atom stereocenters. The number of ether oxygens (including phenoxy) is 1. The number of amides is 2. The summed E-state index contributed by atoms with van der Waals surface area (Å²) >= 11 is 6.41. The lowest BCUT2D eigenvalue weighted by molar-refractivity contribution is -0.140. The van der Waals surface area contributed by atoms with Crippen LogP contribution in [-0.4, -0.2) is 51.4 Å². The van der Waals surface area contributed by atoms with E-state index in [1.165, 1.54) is 36.3 Å². The first-order valence-corrected chi connectivity index (χ1v) is 16.0. The second-order valence-corrected chi connectivity index (χ2v) is 12.5. The van der Waals surface area contributed by atoms with Crippen LogP contribution in [0.3, 0.4) is 0 Å². The highest BCUT2D eigenvalue weighted by atomic mass is 35.5. The van der Waals surface area contributed by atoms with Gasteiger partial charge in [-0.2, -0.15) is 0 Å². The molecule has 0 aliphatic rings. The van der Waals surface area contributed by atoms with Crippen LogP contribution in [0, 0.1) is 6.92 Å². The van der Waals surface area contributed by atoms with Crippen LogP contribution < -0.4 is 14.4 Å². The molecule has 1 atom stereocenters. The van der Waals surface area contributed by atoms with E-state index in [0.717, 1.165) is 21.0 Å². The average molecular weight is 634 g/mol. The summed E-state index contributed by atoms with van der Waals surface area (Å²) in [6, 6.07) is 28.6. The number of rotatable bonds is 13. The summed E-state index contributed by atoms with van der Waals surface area (Å²) in [6.45, 7) is 3.67. The Bertz CT molecular complexity index is 1670. The van der Waals surface area contributed by atoms with Gasteiger partial charge in [0.15, 0.2) is 0 Å². The van der Waals surface area contributed by atoms with Gasteiger partial charge in [-0.05, 0) is 55.3 Å². The summed E-state index contributed by atoms with van der Waals surface area (Å²) in [4.78, 5) is 29.4. The molecule has 0 saturated carbocycles. The van der Waals surface area contributed by atoms with E-state index in [1.54, 1.807) is 24.3 Å². The van der Waals surface area contributed by atoms with Gasteiger partial charge in [0.2, 0.25) is 11.8 Å². The summed E-state index contributed by atoms with van der Waals surface area (Å²) in [7, 11) is -2.77.